The summed E-state index contributed by atoms with van der Waals surface area (Å²) in [6, 6.07) is 19.7. The largest absolute Gasteiger partial charge is 0.399 e. The molecule has 4 nitrogen and oxygen atoms in total. The molecule has 0 saturated heterocycles. The van der Waals surface area contributed by atoms with Crippen molar-refractivity contribution < 1.29 is 4.79 Å². The molecule has 0 radical (unpaired) electrons. The molecule has 24 heavy (non-hydrogen) atoms. The van der Waals surface area contributed by atoms with E-state index in [2.05, 4.69) is 23.5 Å². The van der Waals surface area contributed by atoms with E-state index >= 15 is 0 Å². The lowest BCUT2D eigenvalue weighted by Crippen LogP contribution is -2.25. The van der Waals surface area contributed by atoms with Gasteiger partial charge in [-0.25, -0.2) is 0 Å². The summed E-state index contributed by atoms with van der Waals surface area (Å²) in [5, 5.41) is 5.33. The Morgan fingerprint density at radius 3 is 2.58 bits per heavy atom. The lowest BCUT2D eigenvalue weighted by molar-refractivity contribution is 0.0951. The number of nitrogen functional groups attached to an aromatic ring is 1. The quantitative estimate of drug-likeness (QED) is 0.725. The molecule has 0 fully saturated rings. The van der Waals surface area contributed by atoms with Crippen LogP contribution >= 0.6 is 0 Å². The summed E-state index contributed by atoms with van der Waals surface area (Å²) in [6.45, 7) is 0.474. The second-order valence-corrected chi connectivity index (χ2v) is 5.99. The van der Waals surface area contributed by atoms with Crippen molar-refractivity contribution in [3.8, 4) is 0 Å². The second kappa shape index (κ2) is 6.62. The van der Waals surface area contributed by atoms with Crippen LogP contribution in [0.2, 0.25) is 0 Å². The van der Waals surface area contributed by atoms with E-state index in [1.54, 1.807) is 12.1 Å². The van der Waals surface area contributed by atoms with Crippen molar-refractivity contribution in [3.05, 3.63) is 71.8 Å². The van der Waals surface area contributed by atoms with Crippen molar-refractivity contribution in [3.63, 3.8) is 0 Å². The minimum Gasteiger partial charge on any atom is -0.399 e. The SMILES string of the molecule is CN(C)c1ccc(N)cc1C(=O)NCc1cccc2ccccc12. The summed E-state index contributed by atoms with van der Waals surface area (Å²) in [7, 11) is 3.82. The molecule has 0 saturated carbocycles. The van der Waals surface area contributed by atoms with E-state index in [0.717, 1.165) is 16.6 Å². The average Bonchev–Trinajstić information content (AvgIpc) is 2.59. The molecule has 0 aromatic heterocycles. The van der Waals surface area contributed by atoms with Gasteiger partial charge >= 0.3 is 0 Å². The molecular formula is C20H21N3O. The maximum atomic E-state index is 12.6. The second-order valence-electron chi connectivity index (χ2n) is 5.99. The topological polar surface area (TPSA) is 58.4 Å². The Morgan fingerprint density at radius 2 is 1.79 bits per heavy atom. The van der Waals surface area contributed by atoms with Crippen LogP contribution in [-0.2, 0) is 6.54 Å². The number of benzene rings is 3. The maximum absolute atomic E-state index is 12.6. The predicted octanol–water partition coefficient (Wildman–Crippen LogP) is 3.42. The van der Waals surface area contributed by atoms with E-state index in [1.165, 1.54) is 5.39 Å². The minimum absolute atomic E-state index is 0.126. The summed E-state index contributed by atoms with van der Waals surface area (Å²) in [5.41, 5.74) is 8.95. The van der Waals surface area contributed by atoms with Gasteiger partial charge in [0, 0.05) is 32.0 Å². The van der Waals surface area contributed by atoms with Crippen molar-refractivity contribution in [2.24, 2.45) is 0 Å². The third kappa shape index (κ3) is 3.18. The Bertz CT molecular complexity index is 882. The molecule has 3 rings (SSSR count). The first-order chi connectivity index (χ1) is 11.6. The smallest absolute Gasteiger partial charge is 0.253 e. The van der Waals surface area contributed by atoms with Gasteiger partial charge in [-0.15, -0.1) is 0 Å². The van der Waals surface area contributed by atoms with Crippen LogP contribution in [0.3, 0.4) is 0 Å². The fourth-order valence-electron chi connectivity index (χ4n) is 2.84. The van der Waals surface area contributed by atoms with Gasteiger partial charge in [0.1, 0.15) is 0 Å². The summed E-state index contributed by atoms with van der Waals surface area (Å²) in [5.74, 6) is -0.126. The van der Waals surface area contributed by atoms with Crippen LogP contribution in [0.4, 0.5) is 11.4 Å². The molecule has 0 unspecified atom stereocenters. The molecule has 0 aliphatic rings. The molecular weight excluding hydrogens is 298 g/mol. The lowest BCUT2D eigenvalue weighted by atomic mass is 10.0. The highest BCUT2D eigenvalue weighted by Crippen LogP contribution is 2.22. The van der Waals surface area contributed by atoms with Gasteiger partial charge in [0.2, 0.25) is 0 Å². The fourth-order valence-corrected chi connectivity index (χ4v) is 2.84. The van der Waals surface area contributed by atoms with E-state index in [1.807, 2.05) is 49.3 Å². The van der Waals surface area contributed by atoms with Crippen molar-refractivity contribution in [2.45, 2.75) is 6.54 Å². The van der Waals surface area contributed by atoms with Crippen molar-refractivity contribution in [2.75, 3.05) is 24.7 Å². The van der Waals surface area contributed by atoms with Crippen molar-refractivity contribution in [1.29, 1.82) is 0 Å². The Balaban J connectivity index is 1.84. The molecule has 0 atom stereocenters. The molecule has 0 aliphatic carbocycles. The molecule has 3 aromatic carbocycles. The van der Waals surface area contributed by atoms with Gasteiger partial charge in [-0.05, 0) is 34.5 Å². The van der Waals surface area contributed by atoms with Gasteiger partial charge in [0.25, 0.3) is 5.91 Å². The van der Waals surface area contributed by atoms with E-state index in [4.69, 9.17) is 5.73 Å². The van der Waals surface area contributed by atoms with Crippen LogP contribution in [0.15, 0.2) is 60.7 Å². The third-order valence-electron chi connectivity index (χ3n) is 4.07. The van der Waals surface area contributed by atoms with Crippen LogP contribution in [-0.4, -0.2) is 20.0 Å². The average molecular weight is 319 g/mol. The van der Waals surface area contributed by atoms with Crippen LogP contribution in [0.25, 0.3) is 10.8 Å². The van der Waals surface area contributed by atoms with Gasteiger partial charge in [-0.3, -0.25) is 4.79 Å². The Kier molecular flexibility index (Phi) is 4.38. The summed E-state index contributed by atoms with van der Waals surface area (Å²) in [6.07, 6.45) is 0. The molecule has 122 valence electrons. The predicted molar refractivity (Wildman–Crippen MR) is 100 cm³/mol. The number of carbonyl (C=O) groups excluding carboxylic acids is 1. The van der Waals surface area contributed by atoms with Gasteiger partial charge < -0.3 is 16.0 Å². The monoisotopic (exact) mass is 319 g/mol. The normalized spacial score (nSPS) is 10.6. The zero-order chi connectivity index (χ0) is 17.1. The highest BCUT2D eigenvalue weighted by molar-refractivity contribution is 6.00. The van der Waals surface area contributed by atoms with E-state index < -0.39 is 0 Å². The van der Waals surface area contributed by atoms with E-state index in [0.29, 0.717) is 17.8 Å². The standard InChI is InChI=1S/C20H21N3O/c1-23(2)19-11-10-16(21)12-18(19)20(24)22-13-15-8-5-7-14-6-3-4-9-17(14)15/h3-12H,13,21H2,1-2H3,(H,22,24). The Labute approximate surface area is 141 Å². The zero-order valence-electron chi connectivity index (χ0n) is 13.9. The Morgan fingerprint density at radius 1 is 1.04 bits per heavy atom. The third-order valence-corrected chi connectivity index (χ3v) is 4.07. The number of rotatable bonds is 4. The minimum atomic E-state index is -0.126. The summed E-state index contributed by atoms with van der Waals surface area (Å²) in [4.78, 5) is 14.5. The highest BCUT2D eigenvalue weighted by Gasteiger charge is 2.13. The highest BCUT2D eigenvalue weighted by atomic mass is 16.1. The molecule has 0 aliphatic heterocycles. The number of nitrogens with zero attached hydrogens (tertiary/aromatic N) is 1. The first-order valence-electron chi connectivity index (χ1n) is 7.88. The summed E-state index contributed by atoms with van der Waals surface area (Å²) >= 11 is 0. The number of nitrogens with one attached hydrogen (secondary N) is 1. The van der Waals surface area contributed by atoms with Gasteiger partial charge in [0.05, 0.1) is 5.56 Å². The van der Waals surface area contributed by atoms with Gasteiger partial charge in [-0.1, -0.05) is 42.5 Å². The molecule has 0 bridgehead atoms. The number of anilines is 2. The molecule has 0 spiro atoms. The number of hydrogen-bond acceptors (Lipinski definition) is 3. The maximum Gasteiger partial charge on any atom is 0.253 e. The first kappa shape index (κ1) is 15.9. The van der Waals surface area contributed by atoms with Gasteiger partial charge in [0.15, 0.2) is 0 Å². The van der Waals surface area contributed by atoms with E-state index in [9.17, 15) is 4.79 Å². The number of amides is 1. The van der Waals surface area contributed by atoms with Crippen LogP contribution in [0.1, 0.15) is 15.9 Å². The number of carbonyl (C=O) groups is 1. The van der Waals surface area contributed by atoms with Gasteiger partial charge in [-0.2, -0.15) is 0 Å². The molecule has 0 heterocycles. The van der Waals surface area contributed by atoms with Crippen molar-refractivity contribution in [1.82, 2.24) is 5.32 Å². The van der Waals surface area contributed by atoms with Crippen LogP contribution in [0, 0.1) is 0 Å². The number of nitrogens with two attached hydrogens (primary N) is 1. The molecule has 4 heteroatoms. The Hall–Kier alpha value is -3.01. The lowest BCUT2D eigenvalue weighted by Gasteiger charge is -2.18. The number of hydrogen-bond donors (Lipinski definition) is 2. The van der Waals surface area contributed by atoms with Crippen LogP contribution in [0.5, 0.6) is 0 Å². The zero-order valence-corrected chi connectivity index (χ0v) is 13.9. The molecule has 3 N–H and O–H groups in total. The molecule has 1 amide bonds. The van der Waals surface area contributed by atoms with Crippen molar-refractivity contribution >= 4 is 28.1 Å². The fraction of sp³-hybridized carbons (Fsp3) is 0.150. The van der Waals surface area contributed by atoms with E-state index in [-0.39, 0.29) is 5.91 Å². The first-order valence-corrected chi connectivity index (χ1v) is 7.88. The van der Waals surface area contributed by atoms with Crippen LogP contribution < -0.4 is 16.0 Å². The number of fused-ring (bicyclic) bond motifs is 1. The molecule has 3 aromatic rings. The summed E-state index contributed by atoms with van der Waals surface area (Å²) < 4.78 is 0.